The molecule has 22 heavy (non-hydrogen) atoms. The highest BCUT2D eigenvalue weighted by Gasteiger charge is 2.23. The van der Waals surface area contributed by atoms with Crippen LogP contribution in [0, 0.1) is 13.8 Å². The van der Waals surface area contributed by atoms with Crippen LogP contribution in [-0.4, -0.2) is 31.7 Å². The number of amides is 1. The van der Waals surface area contributed by atoms with Gasteiger partial charge in [-0.25, -0.2) is 8.42 Å². The highest BCUT2D eigenvalue weighted by atomic mass is 32.2. The van der Waals surface area contributed by atoms with Gasteiger partial charge < -0.3 is 5.32 Å². The fourth-order valence-corrected chi connectivity index (χ4v) is 3.83. The van der Waals surface area contributed by atoms with E-state index in [4.69, 9.17) is 0 Å². The maximum Gasteiger partial charge on any atom is 0.243 e. The summed E-state index contributed by atoms with van der Waals surface area (Å²) in [6.45, 7) is 10.1. The standard InChI is InChI=1S/C16H26N2O3S/c1-6-9-16(19)17-15-11-14(10-12(4)13(15)5)22(20,21)18(7-2)8-3/h10-11H,6-9H2,1-5H3,(H,17,19). The summed E-state index contributed by atoms with van der Waals surface area (Å²) in [4.78, 5) is 12.0. The predicted octanol–water partition coefficient (Wildman–Crippen LogP) is 3.07. The molecule has 1 rings (SSSR count). The second-order valence-electron chi connectivity index (χ2n) is 5.30. The summed E-state index contributed by atoms with van der Waals surface area (Å²) in [7, 11) is -3.53. The highest BCUT2D eigenvalue weighted by molar-refractivity contribution is 7.89. The zero-order valence-electron chi connectivity index (χ0n) is 14.1. The highest BCUT2D eigenvalue weighted by Crippen LogP contribution is 2.26. The van der Waals surface area contributed by atoms with Crippen molar-refractivity contribution in [2.24, 2.45) is 0 Å². The number of anilines is 1. The van der Waals surface area contributed by atoms with Crippen LogP contribution >= 0.6 is 0 Å². The normalized spacial score (nSPS) is 11.7. The van der Waals surface area contributed by atoms with E-state index in [0.29, 0.717) is 25.2 Å². The van der Waals surface area contributed by atoms with Gasteiger partial charge in [0, 0.05) is 25.2 Å². The van der Waals surface area contributed by atoms with Crippen molar-refractivity contribution in [1.82, 2.24) is 4.31 Å². The first kappa shape index (κ1) is 18.6. The van der Waals surface area contributed by atoms with E-state index in [2.05, 4.69) is 5.32 Å². The van der Waals surface area contributed by atoms with Crippen molar-refractivity contribution in [2.45, 2.75) is 52.4 Å². The molecule has 0 fully saturated rings. The second-order valence-corrected chi connectivity index (χ2v) is 7.24. The molecule has 0 saturated heterocycles. The summed E-state index contributed by atoms with van der Waals surface area (Å²) in [5.41, 5.74) is 2.31. The first-order valence-electron chi connectivity index (χ1n) is 7.69. The van der Waals surface area contributed by atoms with Crippen molar-refractivity contribution in [2.75, 3.05) is 18.4 Å². The fraction of sp³-hybridized carbons (Fsp3) is 0.562. The van der Waals surface area contributed by atoms with Crippen LogP contribution in [0.2, 0.25) is 0 Å². The minimum Gasteiger partial charge on any atom is -0.326 e. The summed E-state index contributed by atoms with van der Waals surface area (Å²) in [5, 5.41) is 2.82. The largest absolute Gasteiger partial charge is 0.326 e. The molecule has 0 spiro atoms. The first-order chi connectivity index (χ1) is 10.3. The van der Waals surface area contributed by atoms with Crippen LogP contribution < -0.4 is 5.32 Å². The van der Waals surface area contributed by atoms with E-state index in [-0.39, 0.29) is 10.8 Å². The Hall–Kier alpha value is -1.40. The lowest BCUT2D eigenvalue weighted by Gasteiger charge is -2.20. The molecule has 0 aliphatic rings. The molecule has 0 aliphatic heterocycles. The van der Waals surface area contributed by atoms with Crippen LogP contribution in [0.1, 0.15) is 44.7 Å². The zero-order valence-corrected chi connectivity index (χ0v) is 14.9. The predicted molar refractivity (Wildman–Crippen MR) is 89.6 cm³/mol. The zero-order chi connectivity index (χ0) is 16.9. The van der Waals surface area contributed by atoms with Gasteiger partial charge in [0.05, 0.1) is 4.90 Å². The van der Waals surface area contributed by atoms with E-state index < -0.39 is 10.0 Å². The molecule has 1 N–H and O–H groups in total. The van der Waals surface area contributed by atoms with Gasteiger partial charge in [0.25, 0.3) is 0 Å². The van der Waals surface area contributed by atoms with Crippen LogP contribution in [0.3, 0.4) is 0 Å². The number of carbonyl (C=O) groups is 1. The monoisotopic (exact) mass is 326 g/mol. The van der Waals surface area contributed by atoms with Gasteiger partial charge in [-0.15, -0.1) is 0 Å². The van der Waals surface area contributed by atoms with Crippen molar-refractivity contribution in [3.63, 3.8) is 0 Å². The van der Waals surface area contributed by atoms with Crippen molar-refractivity contribution >= 4 is 21.6 Å². The van der Waals surface area contributed by atoms with Gasteiger partial charge in [-0.2, -0.15) is 4.31 Å². The number of carbonyl (C=O) groups excluding carboxylic acids is 1. The third kappa shape index (κ3) is 4.08. The lowest BCUT2D eigenvalue weighted by atomic mass is 10.1. The SMILES string of the molecule is CCCC(=O)Nc1cc(S(=O)(=O)N(CC)CC)cc(C)c1C. The molecule has 0 bridgehead atoms. The van der Waals surface area contributed by atoms with Crippen LogP contribution in [0.5, 0.6) is 0 Å². The number of nitrogens with zero attached hydrogens (tertiary/aromatic N) is 1. The van der Waals surface area contributed by atoms with Gasteiger partial charge in [0.1, 0.15) is 0 Å². The Bertz CT molecular complexity index is 635. The molecule has 0 unspecified atom stereocenters. The lowest BCUT2D eigenvalue weighted by Crippen LogP contribution is -2.30. The van der Waals surface area contributed by atoms with E-state index in [1.54, 1.807) is 12.1 Å². The van der Waals surface area contributed by atoms with Gasteiger partial charge in [0.15, 0.2) is 0 Å². The van der Waals surface area contributed by atoms with Gasteiger partial charge in [0.2, 0.25) is 15.9 Å². The average molecular weight is 326 g/mol. The van der Waals surface area contributed by atoms with Crippen molar-refractivity contribution < 1.29 is 13.2 Å². The van der Waals surface area contributed by atoms with Crippen LogP contribution in [0.4, 0.5) is 5.69 Å². The van der Waals surface area contributed by atoms with Crippen molar-refractivity contribution in [1.29, 1.82) is 0 Å². The van der Waals surface area contributed by atoms with Crippen molar-refractivity contribution in [3.05, 3.63) is 23.3 Å². The molecule has 0 atom stereocenters. The van der Waals surface area contributed by atoms with Crippen LogP contribution in [0.15, 0.2) is 17.0 Å². The molecule has 1 aromatic rings. The topological polar surface area (TPSA) is 66.5 Å². The molecule has 0 aliphatic carbocycles. The number of benzene rings is 1. The molecule has 0 radical (unpaired) electrons. The van der Waals surface area contributed by atoms with E-state index in [1.165, 1.54) is 4.31 Å². The van der Waals surface area contributed by atoms with Gasteiger partial charge in [-0.3, -0.25) is 4.79 Å². The Labute approximate surface area is 133 Å². The first-order valence-corrected chi connectivity index (χ1v) is 9.13. The number of hydrogen-bond acceptors (Lipinski definition) is 3. The Morgan fingerprint density at radius 2 is 1.73 bits per heavy atom. The van der Waals surface area contributed by atoms with E-state index in [1.807, 2.05) is 34.6 Å². The van der Waals surface area contributed by atoms with E-state index in [0.717, 1.165) is 17.5 Å². The molecular formula is C16H26N2O3S. The molecule has 0 saturated carbocycles. The summed E-state index contributed by atoms with van der Waals surface area (Å²) < 4.78 is 26.7. The number of aryl methyl sites for hydroxylation is 1. The van der Waals surface area contributed by atoms with Gasteiger partial charge >= 0.3 is 0 Å². The Balaban J connectivity index is 3.29. The molecule has 1 amide bonds. The van der Waals surface area contributed by atoms with Gasteiger partial charge in [-0.05, 0) is 43.5 Å². The summed E-state index contributed by atoms with van der Waals surface area (Å²) in [6, 6.07) is 3.22. The van der Waals surface area contributed by atoms with E-state index >= 15 is 0 Å². The Kier molecular flexibility index (Phi) is 6.56. The molecule has 0 aromatic heterocycles. The minimum atomic E-state index is -3.53. The number of nitrogens with one attached hydrogen (secondary N) is 1. The molecular weight excluding hydrogens is 300 g/mol. The smallest absolute Gasteiger partial charge is 0.243 e. The molecule has 0 heterocycles. The third-order valence-electron chi connectivity index (χ3n) is 3.74. The van der Waals surface area contributed by atoms with Crippen molar-refractivity contribution in [3.8, 4) is 0 Å². The number of hydrogen-bond donors (Lipinski definition) is 1. The molecule has 6 heteroatoms. The summed E-state index contributed by atoms with van der Waals surface area (Å²) >= 11 is 0. The molecule has 5 nitrogen and oxygen atoms in total. The third-order valence-corrected chi connectivity index (χ3v) is 5.76. The Morgan fingerprint density at radius 1 is 1.14 bits per heavy atom. The number of rotatable bonds is 7. The molecule has 1 aromatic carbocycles. The van der Waals surface area contributed by atoms with Crippen LogP contribution in [-0.2, 0) is 14.8 Å². The maximum atomic E-state index is 12.6. The quantitative estimate of drug-likeness (QED) is 0.837. The number of sulfonamides is 1. The lowest BCUT2D eigenvalue weighted by molar-refractivity contribution is -0.116. The molecule has 124 valence electrons. The van der Waals surface area contributed by atoms with E-state index in [9.17, 15) is 13.2 Å². The van der Waals surface area contributed by atoms with Gasteiger partial charge in [-0.1, -0.05) is 20.8 Å². The fourth-order valence-electron chi connectivity index (χ4n) is 2.26. The Morgan fingerprint density at radius 3 is 2.23 bits per heavy atom. The average Bonchev–Trinajstić information content (AvgIpc) is 2.44. The second kappa shape index (κ2) is 7.74. The summed E-state index contributed by atoms with van der Waals surface area (Å²) in [5.74, 6) is -0.0950. The maximum absolute atomic E-state index is 12.6. The van der Waals surface area contributed by atoms with Crippen LogP contribution in [0.25, 0.3) is 0 Å². The summed E-state index contributed by atoms with van der Waals surface area (Å²) in [6.07, 6.45) is 1.17. The minimum absolute atomic E-state index is 0.0950.